The van der Waals surface area contributed by atoms with Gasteiger partial charge in [0.05, 0.1) is 53.3 Å². The highest BCUT2D eigenvalue weighted by atomic mass is 16.7. The highest BCUT2D eigenvalue weighted by molar-refractivity contribution is 6.22. The van der Waals surface area contributed by atoms with Gasteiger partial charge in [0.15, 0.2) is 11.3 Å². The van der Waals surface area contributed by atoms with Gasteiger partial charge in [0.25, 0.3) is 11.7 Å². The number of hydrogen-bond acceptors (Lipinski definition) is 15. The van der Waals surface area contributed by atoms with Gasteiger partial charge >= 0.3 is 5.79 Å². The normalized spacial score (nSPS) is 33.6. The van der Waals surface area contributed by atoms with E-state index in [1.807, 2.05) is 31.7 Å². The Balaban J connectivity index is 1.32. The first kappa shape index (κ1) is 45.1. The summed E-state index contributed by atoms with van der Waals surface area (Å²) in [7, 11) is 1.46. The first-order chi connectivity index (χ1) is 30.2. The lowest BCUT2D eigenvalue weighted by molar-refractivity contribution is -0.251. The maximum atomic E-state index is 14.8. The first-order valence-electron chi connectivity index (χ1n) is 21.8. The molecule has 2 fully saturated rings. The number of allylic oxidation sites excluding steroid dienone is 2. The number of nitrogens with zero attached hydrogens (tertiary/aromatic N) is 2. The van der Waals surface area contributed by atoms with Crippen LogP contribution >= 0.6 is 0 Å². The Morgan fingerprint density at radius 2 is 1.62 bits per heavy atom. The van der Waals surface area contributed by atoms with E-state index in [1.54, 1.807) is 39.0 Å². The van der Waals surface area contributed by atoms with Crippen molar-refractivity contribution in [3.8, 4) is 28.7 Å². The zero-order valence-electron chi connectivity index (χ0n) is 37.5. The molecule has 0 aromatic heterocycles. The van der Waals surface area contributed by atoms with Gasteiger partial charge in [0.2, 0.25) is 5.43 Å². The summed E-state index contributed by atoms with van der Waals surface area (Å²) in [6.45, 7) is 14.8. The molecule has 64 heavy (non-hydrogen) atoms. The largest absolute Gasteiger partial charge is 0.507 e. The number of amides is 1. The average molecular weight is 884 g/mol. The number of nitrogens with one attached hydrogen (secondary N) is 1. The van der Waals surface area contributed by atoms with E-state index < -0.39 is 70.5 Å². The fourth-order valence-corrected chi connectivity index (χ4v) is 9.71. The van der Waals surface area contributed by atoms with Crippen LogP contribution in [0.4, 0.5) is 11.4 Å². The van der Waals surface area contributed by atoms with Crippen LogP contribution in [-0.2, 0) is 19.0 Å². The Labute approximate surface area is 370 Å². The molecule has 9 aliphatic rings. The monoisotopic (exact) mass is 883 g/mol. The molecule has 0 unspecified atom stereocenters. The molecule has 7 bridgehead atoms. The second-order valence-electron chi connectivity index (χ2n) is 18.4. The van der Waals surface area contributed by atoms with Crippen LogP contribution in [-0.4, -0.2) is 104 Å². The number of phenols is 2. The number of aromatic hydroxyl groups is 2. The number of aliphatic hydroxyl groups is 3. The minimum Gasteiger partial charge on any atom is -0.507 e. The average Bonchev–Trinajstić information content (AvgIpc) is 3.54. The van der Waals surface area contributed by atoms with E-state index in [2.05, 4.69) is 5.32 Å². The molecular weight excluding hydrogens is 827 g/mol. The lowest BCUT2D eigenvalue weighted by Gasteiger charge is -2.54. The van der Waals surface area contributed by atoms with Crippen molar-refractivity contribution in [3.05, 3.63) is 69.6 Å². The van der Waals surface area contributed by atoms with Crippen molar-refractivity contribution >= 4 is 44.9 Å². The van der Waals surface area contributed by atoms with Crippen LogP contribution in [0.3, 0.4) is 0 Å². The molecule has 11 rings (SSSR count). The van der Waals surface area contributed by atoms with Crippen molar-refractivity contribution in [1.82, 2.24) is 4.98 Å². The van der Waals surface area contributed by atoms with Crippen molar-refractivity contribution in [1.29, 1.82) is 0 Å². The Kier molecular flexibility index (Phi) is 11.6. The SMILES string of the molecule is CO[C@H]1/C=C/O[C@@]2(C)Oc3c(C)c(O)c4c(=O)c(c5oc6cc(N7CCC(O)CC7)cc(O)c6nc-5c4c3C2=O)NC(=O)/C(C)=C\C=C\[C@]2(C)O[C@H]([C@@H](C)[C@@H](O)[C@@H](C)[C@H](O)[C@@H]1C)[C@H]2C. The standard InChI is InChI=1S/C48H57N3O13/c1-21-11-10-15-47(7)26(6)42(63-47)24(4)39(55)23(3)38(54)22(2)30(60-9)14-18-61-48(8)45(58)34-32-33(40(56)25(5)43(34)64-48)41(57)37(50-46(21)59)44-36(32)49-35-29(53)19-27(20-31(35)62-44)51-16-12-28(52)13-17-51/h10-11,14-15,18-20,22-24,26,28,30,38-39,42,52-56H,12-13,16-17H2,1-9H3,(H,50,59)/b15-10+,18-14+,21-11-/t22-,23+,24+,26-,30+,38-,39+,42-,47+,48+/m1/s1. The molecule has 8 heterocycles. The quantitative estimate of drug-likeness (QED) is 0.103. The summed E-state index contributed by atoms with van der Waals surface area (Å²) in [5.74, 6) is -6.19. The molecule has 16 heteroatoms. The van der Waals surface area contributed by atoms with Crippen molar-refractivity contribution < 1.29 is 58.5 Å². The zero-order chi connectivity index (χ0) is 46.3. The lowest BCUT2D eigenvalue weighted by atomic mass is 9.70. The third kappa shape index (κ3) is 7.28. The zero-order valence-corrected chi connectivity index (χ0v) is 37.5. The van der Waals surface area contributed by atoms with Crippen molar-refractivity contribution in [2.75, 3.05) is 30.4 Å². The summed E-state index contributed by atoms with van der Waals surface area (Å²) in [5.41, 5.74) is -1.44. The van der Waals surface area contributed by atoms with E-state index in [1.165, 1.54) is 39.4 Å². The third-order valence-corrected chi connectivity index (χ3v) is 14.2. The maximum Gasteiger partial charge on any atom is 0.312 e. The highest BCUT2D eigenvalue weighted by Crippen LogP contribution is 2.51. The van der Waals surface area contributed by atoms with Gasteiger partial charge in [-0.25, -0.2) is 4.98 Å². The third-order valence-electron chi connectivity index (χ3n) is 14.2. The number of hydrogen-bond donors (Lipinski definition) is 6. The van der Waals surface area contributed by atoms with Gasteiger partial charge in [-0.2, -0.15) is 0 Å². The van der Waals surface area contributed by atoms with Crippen molar-refractivity contribution in [2.24, 2.45) is 23.7 Å². The number of carbonyl (C=O) groups is 2. The van der Waals surface area contributed by atoms with Crippen LogP contribution in [0.2, 0.25) is 0 Å². The number of fused-ring (bicyclic) bond motifs is 1. The Morgan fingerprint density at radius 3 is 2.30 bits per heavy atom. The molecule has 1 aliphatic carbocycles. The Morgan fingerprint density at radius 1 is 0.938 bits per heavy atom. The number of ether oxygens (including phenoxy) is 4. The molecule has 8 aliphatic heterocycles. The molecule has 2 aromatic rings. The van der Waals surface area contributed by atoms with Gasteiger partial charge in [-0.15, -0.1) is 0 Å². The van der Waals surface area contributed by atoms with Crippen LogP contribution in [0.15, 0.2) is 57.5 Å². The van der Waals surface area contributed by atoms with Gasteiger partial charge < -0.3 is 59.1 Å². The number of phenolic OH excluding ortho intramolecular Hbond substituents is 2. The summed E-state index contributed by atoms with van der Waals surface area (Å²) in [5, 5.41) is 58.7. The highest BCUT2D eigenvalue weighted by Gasteiger charge is 2.53. The summed E-state index contributed by atoms with van der Waals surface area (Å²) < 4.78 is 30.8. The summed E-state index contributed by atoms with van der Waals surface area (Å²) in [4.78, 5) is 50.3. The molecular formula is C48H57N3O13. The molecule has 0 radical (unpaired) electrons. The van der Waals surface area contributed by atoms with Crippen molar-refractivity contribution in [3.63, 3.8) is 0 Å². The number of piperidine rings is 1. The number of aliphatic hydroxyl groups excluding tert-OH is 3. The van der Waals surface area contributed by atoms with E-state index >= 15 is 0 Å². The van der Waals surface area contributed by atoms with Crippen LogP contribution < -0.4 is 20.4 Å². The molecule has 2 saturated heterocycles. The number of Topliss-reactive ketones (excluding diaryl/α,β-unsaturated/α-hetero) is 1. The van der Waals surface area contributed by atoms with E-state index in [0.717, 1.165) is 0 Å². The topological polar surface area (TPSA) is 231 Å². The van der Waals surface area contributed by atoms with Gasteiger partial charge in [-0.3, -0.25) is 14.4 Å². The molecule has 2 aromatic carbocycles. The smallest absolute Gasteiger partial charge is 0.312 e. The van der Waals surface area contributed by atoms with E-state index in [-0.39, 0.29) is 85.2 Å². The summed E-state index contributed by atoms with van der Waals surface area (Å²) >= 11 is 0. The number of methoxy groups -OCH3 is 1. The first-order valence-corrected chi connectivity index (χ1v) is 21.8. The number of anilines is 2. The molecule has 342 valence electrons. The van der Waals surface area contributed by atoms with E-state index in [9.17, 15) is 39.9 Å². The minimum atomic E-state index is -2.05. The molecule has 10 atom stereocenters. The second-order valence-corrected chi connectivity index (χ2v) is 18.4. The molecule has 0 saturated carbocycles. The van der Waals surface area contributed by atoms with Crippen LogP contribution in [0, 0.1) is 30.6 Å². The predicted octanol–water partition coefficient (Wildman–Crippen LogP) is 5.84. The van der Waals surface area contributed by atoms with Gasteiger partial charge in [-0.1, -0.05) is 45.9 Å². The lowest BCUT2D eigenvalue weighted by Crippen LogP contribution is -2.60. The van der Waals surface area contributed by atoms with Crippen LogP contribution in [0.5, 0.6) is 17.2 Å². The molecule has 16 nitrogen and oxygen atoms in total. The fourth-order valence-electron chi connectivity index (χ4n) is 9.71. The van der Waals surface area contributed by atoms with Gasteiger partial charge in [-0.05, 0) is 39.7 Å². The predicted molar refractivity (Wildman–Crippen MR) is 238 cm³/mol. The van der Waals surface area contributed by atoms with Gasteiger partial charge in [0, 0.05) is 85.1 Å². The number of rotatable bonds is 2. The van der Waals surface area contributed by atoms with Gasteiger partial charge in [0.1, 0.15) is 34.1 Å². The number of carbonyl (C=O) groups excluding carboxylic acids is 2. The Bertz CT molecular complexity index is 2660. The van der Waals surface area contributed by atoms with E-state index in [0.29, 0.717) is 31.6 Å². The number of ketones is 1. The molecule has 6 N–H and O–H groups in total. The second kappa shape index (κ2) is 16.5. The van der Waals surface area contributed by atoms with E-state index in [4.69, 9.17) is 28.3 Å². The summed E-state index contributed by atoms with van der Waals surface area (Å²) in [6, 6.07) is 3.15. The molecule has 0 spiro atoms. The molecule has 1 amide bonds. The minimum absolute atomic E-state index is 0.0286. The van der Waals surface area contributed by atoms with Crippen LogP contribution in [0.1, 0.15) is 77.2 Å². The van der Waals surface area contributed by atoms with Crippen molar-refractivity contribution in [2.45, 2.75) is 110 Å². The Hall–Kier alpha value is -5.52. The van der Waals surface area contributed by atoms with Crippen LogP contribution in [0.25, 0.3) is 33.3 Å². The maximum absolute atomic E-state index is 14.8. The fraction of sp³-hybridized carbons (Fsp3) is 0.500. The number of benzene rings is 3. The summed E-state index contributed by atoms with van der Waals surface area (Å²) in [6.07, 6.45) is 5.32. The number of aromatic nitrogens is 1.